The molecule has 1 saturated carbocycles. The number of hydrogen-bond acceptors (Lipinski definition) is 2. The van der Waals surface area contributed by atoms with Crippen LogP contribution in [-0.4, -0.2) is 6.54 Å². The standard InChI is InChI=1S/C13H19ClN2/c1-9(11-3-4-11)7-16-8-10-2-5-13(15)12(14)6-10/h2,5-6,9,11,16H,3-4,7-8,15H2,1H3. The average molecular weight is 239 g/mol. The minimum absolute atomic E-state index is 0.648. The number of rotatable bonds is 5. The minimum atomic E-state index is 0.648. The largest absolute Gasteiger partial charge is 0.398 e. The molecule has 0 heterocycles. The lowest BCUT2D eigenvalue weighted by atomic mass is 10.1. The smallest absolute Gasteiger partial charge is 0.0638 e. The summed E-state index contributed by atoms with van der Waals surface area (Å²) in [7, 11) is 0. The zero-order chi connectivity index (χ0) is 11.5. The number of nitrogens with one attached hydrogen (secondary N) is 1. The molecule has 0 bridgehead atoms. The molecule has 0 aliphatic heterocycles. The maximum Gasteiger partial charge on any atom is 0.0638 e. The minimum Gasteiger partial charge on any atom is -0.398 e. The molecule has 1 unspecified atom stereocenters. The molecule has 1 aliphatic carbocycles. The van der Waals surface area contributed by atoms with Gasteiger partial charge in [-0.2, -0.15) is 0 Å². The van der Waals surface area contributed by atoms with E-state index in [9.17, 15) is 0 Å². The van der Waals surface area contributed by atoms with Gasteiger partial charge in [-0.3, -0.25) is 0 Å². The first kappa shape index (κ1) is 11.7. The summed E-state index contributed by atoms with van der Waals surface area (Å²) >= 11 is 5.96. The second-order valence-corrected chi connectivity index (χ2v) is 5.21. The van der Waals surface area contributed by atoms with Gasteiger partial charge in [0.15, 0.2) is 0 Å². The van der Waals surface area contributed by atoms with Crippen LogP contribution in [0.3, 0.4) is 0 Å². The Kier molecular flexibility index (Phi) is 3.72. The van der Waals surface area contributed by atoms with Crippen molar-refractivity contribution in [2.24, 2.45) is 11.8 Å². The Hall–Kier alpha value is -0.730. The van der Waals surface area contributed by atoms with Crippen molar-refractivity contribution in [2.75, 3.05) is 12.3 Å². The summed E-state index contributed by atoms with van der Waals surface area (Å²) in [6, 6.07) is 5.82. The SMILES string of the molecule is CC(CNCc1ccc(N)c(Cl)c1)C1CC1. The maximum absolute atomic E-state index is 5.96. The second kappa shape index (κ2) is 5.07. The highest BCUT2D eigenvalue weighted by Crippen LogP contribution is 2.36. The summed E-state index contributed by atoms with van der Waals surface area (Å²) in [4.78, 5) is 0. The molecule has 0 aromatic heterocycles. The lowest BCUT2D eigenvalue weighted by Crippen LogP contribution is -2.21. The van der Waals surface area contributed by atoms with Crippen LogP contribution in [0.2, 0.25) is 5.02 Å². The Morgan fingerprint density at radius 1 is 1.50 bits per heavy atom. The van der Waals surface area contributed by atoms with Crippen molar-refractivity contribution in [3.63, 3.8) is 0 Å². The van der Waals surface area contributed by atoms with Gasteiger partial charge in [-0.1, -0.05) is 24.6 Å². The van der Waals surface area contributed by atoms with Crippen LogP contribution in [0, 0.1) is 11.8 Å². The molecule has 3 N–H and O–H groups in total. The zero-order valence-electron chi connectivity index (χ0n) is 9.67. The average Bonchev–Trinajstić information content (AvgIpc) is 3.07. The molecule has 16 heavy (non-hydrogen) atoms. The third kappa shape index (κ3) is 3.13. The topological polar surface area (TPSA) is 38.0 Å². The molecular formula is C13H19ClN2. The summed E-state index contributed by atoms with van der Waals surface area (Å²) in [6.07, 6.45) is 2.83. The fourth-order valence-electron chi connectivity index (χ4n) is 1.96. The summed E-state index contributed by atoms with van der Waals surface area (Å²) in [5.41, 5.74) is 7.51. The Labute approximate surface area is 102 Å². The fourth-order valence-corrected chi connectivity index (χ4v) is 2.16. The molecule has 0 spiro atoms. The summed E-state index contributed by atoms with van der Waals surface area (Å²) in [6.45, 7) is 4.28. The summed E-state index contributed by atoms with van der Waals surface area (Å²) < 4.78 is 0. The first-order valence-electron chi connectivity index (χ1n) is 5.91. The van der Waals surface area contributed by atoms with Gasteiger partial charge in [-0.05, 0) is 48.9 Å². The van der Waals surface area contributed by atoms with Crippen molar-refractivity contribution in [3.05, 3.63) is 28.8 Å². The monoisotopic (exact) mass is 238 g/mol. The van der Waals surface area contributed by atoms with Crippen molar-refractivity contribution < 1.29 is 0 Å². The first-order chi connectivity index (χ1) is 7.66. The van der Waals surface area contributed by atoms with Gasteiger partial charge in [-0.25, -0.2) is 0 Å². The van der Waals surface area contributed by atoms with Crippen LogP contribution >= 0.6 is 11.6 Å². The summed E-state index contributed by atoms with van der Waals surface area (Å²) in [5, 5.41) is 4.12. The van der Waals surface area contributed by atoms with Crippen LogP contribution in [0.1, 0.15) is 25.3 Å². The molecular weight excluding hydrogens is 220 g/mol. The third-order valence-corrected chi connectivity index (χ3v) is 3.61. The van der Waals surface area contributed by atoms with Crippen LogP contribution in [0.5, 0.6) is 0 Å². The number of halogens is 1. The number of benzene rings is 1. The Bertz CT molecular complexity index is 361. The van der Waals surface area contributed by atoms with Gasteiger partial charge in [0.05, 0.1) is 10.7 Å². The van der Waals surface area contributed by atoms with Crippen LogP contribution in [0.15, 0.2) is 18.2 Å². The maximum atomic E-state index is 5.96. The molecule has 0 saturated heterocycles. The molecule has 0 amide bonds. The van der Waals surface area contributed by atoms with E-state index in [1.165, 1.54) is 18.4 Å². The highest BCUT2D eigenvalue weighted by atomic mass is 35.5. The van der Waals surface area contributed by atoms with Crippen molar-refractivity contribution in [1.29, 1.82) is 0 Å². The van der Waals surface area contributed by atoms with Gasteiger partial charge in [-0.15, -0.1) is 0 Å². The van der Waals surface area contributed by atoms with Gasteiger partial charge >= 0.3 is 0 Å². The Balaban J connectivity index is 1.78. The van der Waals surface area contributed by atoms with E-state index >= 15 is 0 Å². The Morgan fingerprint density at radius 2 is 2.25 bits per heavy atom. The van der Waals surface area contributed by atoms with E-state index in [-0.39, 0.29) is 0 Å². The third-order valence-electron chi connectivity index (χ3n) is 3.29. The molecule has 1 aromatic carbocycles. The lowest BCUT2D eigenvalue weighted by Gasteiger charge is -2.11. The zero-order valence-corrected chi connectivity index (χ0v) is 10.4. The molecule has 1 aliphatic rings. The van der Waals surface area contributed by atoms with Gasteiger partial charge in [0.2, 0.25) is 0 Å². The van der Waals surface area contributed by atoms with E-state index in [0.717, 1.165) is 24.9 Å². The predicted octanol–water partition coefficient (Wildman–Crippen LogP) is 3.06. The Morgan fingerprint density at radius 3 is 2.88 bits per heavy atom. The number of nitrogens with two attached hydrogens (primary N) is 1. The quantitative estimate of drug-likeness (QED) is 0.774. The number of anilines is 1. The number of nitrogen functional groups attached to an aromatic ring is 1. The van der Waals surface area contributed by atoms with Gasteiger partial charge in [0.25, 0.3) is 0 Å². The number of hydrogen-bond donors (Lipinski definition) is 2. The van der Waals surface area contributed by atoms with E-state index in [0.29, 0.717) is 10.7 Å². The lowest BCUT2D eigenvalue weighted by molar-refractivity contribution is 0.461. The molecule has 0 radical (unpaired) electrons. The van der Waals surface area contributed by atoms with Crippen LogP contribution < -0.4 is 11.1 Å². The van der Waals surface area contributed by atoms with E-state index < -0.39 is 0 Å². The normalized spacial score (nSPS) is 17.4. The van der Waals surface area contributed by atoms with Crippen LogP contribution in [0.4, 0.5) is 5.69 Å². The molecule has 2 nitrogen and oxygen atoms in total. The predicted molar refractivity (Wildman–Crippen MR) is 69.5 cm³/mol. The molecule has 2 rings (SSSR count). The molecule has 1 fully saturated rings. The molecule has 1 atom stereocenters. The van der Waals surface area contributed by atoms with E-state index in [1.54, 1.807) is 0 Å². The van der Waals surface area contributed by atoms with E-state index in [1.807, 2.05) is 18.2 Å². The van der Waals surface area contributed by atoms with Crippen molar-refractivity contribution >= 4 is 17.3 Å². The van der Waals surface area contributed by atoms with Crippen molar-refractivity contribution in [1.82, 2.24) is 5.32 Å². The van der Waals surface area contributed by atoms with Crippen molar-refractivity contribution in [3.8, 4) is 0 Å². The van der Waals surface area contributed by atoms with Gasteiger partial charge < -0.3 is 11.1 Å². The van der Waals surface area contributed by atoms with E-state index in [2.05, 4.69) is 12.2 Å². The van der Waals surface area contributed by atoms with Crippen molar-refractivity contribution in [2.45, 2.75) is 26.3 Å². The second-order valence-electron chi connectivity index (χ2n) is 4.80. The van der Waals surface area contributed by atoms with Crippen LogP contribution in [-0.2, 0) is 6.54 Å². The molecule has 88 valence electrons. The molecule has 1 aromatic rings. The van der Waals surface area contributed by atoms with Gasteiger partial charge in [0.1, 0.15) is 0 Å². The fraction of sp³-hybridized carbons (Fsp3) is 0.538. The van der Waals surface area contributed by atoms with Crippen LogP contribution in [0.25, 0.3) is 0 Å². The van der Waals surface area contributed by atoms with E-state index in [4.69, 9.17) is 17.3 Å². The molecule has 3 heteroatoms. The highest BCUT2D eigenvalue weighted by molar-refractivity contribution is 6.33. The first-order valence-corrected chi connectivity index (χ1v) is 6.29. The highest BCUT2D eigenvalue weighted by Gasteiger charge is 2.27. The summed E-state index contributed by atoms with van der Waals surface area (Å²) in [5.74, 6) is 1.76. The van der Waals surface area contributed by atoms with Gasteiger partial charge in [0, 0.05) is 6.54 Å².